The monoisotopic (exact) mass is 379 g/mol. The lowest BCUT2D eigenvalue weighted by Gasteiger charge is -2.41. The molecule has 0 atom stereocenters. The van der Waals surface area contributed by atoms with Crippen LogP contribution in [0.3, 0.4) is 0 Å². The number of nitrogens with zero attached hydrogens (tertiary/aromatic N) is 2. The molecule has 0 aliphatic heterocycles. The van der Waals surface area contributed by atoms with Crippen molar-refractivity contribution in [3.8, 4) is 17.0 Å². The molecule has 0 radical (unpaired) electrons. The molecule has 1 aromatic heterocycles. The van der Waals surface area contributed by atoms with Crippen LogP contribution in [0, 0.1) is 0 Å². The lowest BCUT2D eigenvalue weighted by atomic mass is 9.77. The van der Waals surface area contributed by atoms with Crippen molar-refractivity contribution in [2.45, 2.75) is 70.4 Å². The Labute approximate surface area is 166 Å². The van der Waals surface area contributed by atoms with E-state index in [9.17, 15) is 10.2 Å². The van der Waals surface area contributed by atoms with Crippen molar-refractivity contribution in [1.82, 2.24) is 10.2 Å². The molecule has 1 heterocycles. The second kappa shape index (κ2) is 7.21. The highest BCUT2D eigenvalue weighted by Crippen LogP contribution is 2.39. The molecule has 0 bridgehead atoms. The Balaban J connectivity index is 1.68. The minimum atomic E-state index is -0.568. The molecule has 1 saturated carbocycles. The zero-order valence-electron chi connectivity index (χ0n) is 16.8. The molecule has 0 amide bonds. The van der Waals surface area contributed by atoms with Gasteiger partial charge in [-0.2, -0.15) is 0 Å². The van der Waals surface area contributed by atoms with Gasteiger partial charge in [-0.3, -0.25) is 0 Å². The number of hydrogen-bond donors (Lipinski definition) is 3. The third-order valence-corrected chi connectivity index (χ3v) is 6.09. The van der Waals surface area contributed by atoms with Crippen LogP contribution in [0.5, 0.6) is 5.75 Å². The maximum Gasteiger partial charge on any atom is 0.152 e. The second-order valence-electron chi connectivity index (χ2n) is 8.50. The molecule has 0 spiro atoms. The van der Waals surface area contributed by atoms with Gasteiger partial charge in [0.15, 0.2) is 5.82 Å². The average molecular weight is 380 g/mol. The Kier molecular flexibility index (Phi) is 4.88. The third-order valence-electron chi connectivity index (χ3n) is 6.09. The summed E-state index contributed by atoms with van der Waals surface area (Å²) >= 11 is 0. The van der Waals surface area contributed by atoms with Crippen LogP contribution in [0.25, 0.3) is 16.8 Å². The van der Waals surface area contributed by atoms with Gasteiger partial charge in [0.05, 0.1) is 5.60 Å². The Morgan fingerprint density at radius 3 is 2.57 bits per heavy atom. The largest absolute Gasteiger partial charge is 0.507 e. The molecule has 2 aliphatic carbocycles. The van der Waals surface area contributed by atoms with Crippen molar-refractivity contribution in [2.24, 2.45) is 0 Å². The number of aromatic nitrogens is 2. The number of benzene rings is 1. The summed E-state index contributed by atoms with van der Waals surface area (Å²) in [5, 5.41) is 33.1. The number of fused-ring (bicyclic) bond motifs is 1. The van der Waals surface area contributed by atoms with Crippen molar-refractivity contribution in [1.29, 1.82) is 0 Å². The Morgan fingerprint density at radius 1 is 1.21 bits per heavy atom. The van der Waals surface area contributed by atoms with Crippen LogP contribution in [0.4, 0.5) is 5.82 Å². The summed E-state index contributed by atoms with van der Waals surface area (Å²) < 4.78 is 0. The molecule has 3 N–H and O–H groups in total. The van der Waals surface area contributed by atoms with Crippen molar-refractivity contribution >= 4 is 11.4 Å². The highest BCUT2D eigenvalue weighted by atomic mass is 16.3. The smallest absolute Gasteiger partial charge is 0.152 e. The zero-order valence-corrected chi connectivity index (χ0v) is 16.8. The third kappa shape index (κ3) is 3.51. The fraction of sp³-hybridized carbons (Fsp3) is 0.478. The summed E-state index contributed by atoms with van der Waals surface area (Å²) in [4.78, 5) is 0. The molecule has 2 aromatic rings. The van der Waals surface area contributed by atoms with Gasteiger partial charge in [0, 0.05) is 17.2 Å². The van der Waals surface area contributed by atoms with Crippen LogP contribution in [-0.2, 0) is 12.8 Å². The summed E-state index contributed by atoms with van der Waals surface area (Å²) in [7, 11) is 0. The Bertz CT molecular complexity index is 912. The molecule has 1 aromatic carbocycles. The van der Waals surface area contributed by atoms with E-state index in [1.165, 1.54) is 11.1 Å². The van der Waals surface area contributed by atoms with Gasteiger partial charge in [-0.15, -0.1) is 10.2 Å². The van der Waals surface area contributed by atoms with Gasteiger partial charge >= 0.3 is 0 Å². The lowest BCUT2D eigenvalue weighted by Crippen LogP contribution is -2.48. The molecular formula is C23H29N3O2. The molecule has 28 heavy (non-hydrogen) atoms. The maximum absolute atomic E-state index is 10.7. The number of hydrogen-bond acceptors (Lipinski definition) is 5. The summed E-state index contributed by atoms with van der Waals surface area (Å²) in [6.45, 7) is 7.98. The Morgan fingerprint density at radius 2 is 1.93 bits per heavy atom. The van der Waals surface area contributed by atoms with Gasteiger partial charge in [-0.25, -0.2) is 0 Å². The molecule has 4 rings (SSSR count). The SMILES string of the molecule is C=C(CC)c1ccc(-c2nnc(NC3CC(C)(O)C3)c3c2CCCC3)c(O)c1. The first-order valence-electron chi connectivity index (χ1n) is 10.3. The first kappa shape index (κ1) is 18.9. The fourth-order valence-electron chi connectivity index (χ4n) is 4.43. The van der Waals surface area contributed by atoms with E-state index in [0.29, 0.717) is 0 Å². The molecule has 1 fully saturated rings. The number of phenolic OH excluding ortho intramolecular Hbond substituents is 1. The van der Waals surface area contributed by atoms with E-state index in [1.807, 2.05) is 19.1 Å². The van der Waals surface area contributed by atoms with Crippen LogP contribution in [-0.4, -0.2) is 32.1 Å². The first-order valence-corrected chi connectivity index (χ1v) is 10.3. The predicted octanol–water partition coefficient (Wildman–Crippen LogP) is 4.48. The minimum Gasteiger partial charge on any atom is -0.507 e. The van der Waals surface area contributed by atoms with Crippen LogP contribution < -0.4 is 5.32 Å². The van der Waals surface area contributed by atoms with Crippen LogP contribution in [0.15, 0.2) is 24.8 Å². The number of nitrogens with one attached hydrogen (secondary N) is 1. The van der Waals surface area contributed by atoms with E-state index < -0.39 is 5.60 Å². The molecule has 0 unspecified atom stereocenters. The molecule has 5 nitrogen and oxygen atoms in total. The molecule has 0 saturated heterocycles. The summed E-state index contributed by atoms with van der Waals surface area (Å²) in [5.41, 5.74) is 5.31. The predicted molar refractivity (Wildman–Crippen MR) is 112 cm³/mol. The number of aromatic hydroxyl groups is 1. The number of rotatable bonds is 5. The minimum absolute atomic E-state index is 0.227. The maximum atomic E-state index is 10.7. The number of allylic oxidation sites excluding steroid dienone is 1. The van der Waals surface area contributed by atoms with Crippen LogP contribution in [0.1, 0.15) is 62.6 Å². The second-order valence-corrected chi connectivity index (χ2v) is 8.50. The van der Waals surface area contributed by atoms with E-state index in [2.05, 4.69) is 29.0 Å². The summed E-state index contributed by atoms with van der Waals surface area (Å²) in [5.74, 6) is 1.07. The highest BCUT2D eigenvalue weighted by molar-refractivity contribution is 5.76. The van der Waals surface area contributed by atoms with Gasteiger partial charge in [-0.05, 0) is 80.7 Å². The van der Waals surface area contributed by atoms with Gasteiger partial charge < -0.3 is 15.5 Å². The van der Waals surface area contributed by atoms with Crippen molar-refractivity contribution in [2.75, 3.05) is 5.32 Å². The van der Waals surface area contributed by atoms with E-state index in [4.69, 9.17) is 0 Å². The standard InChI is InChI=1S/C23H29N3O2/c1-4-14(2)15-9-10-19(20(27)11-15)21-17-7-5-6-8-18(17)22(26-25-21)24-16-12-23(3,28)13-16/h9-11,16,27-28H,2,4-8,12-13H2,1,3H3,(H,24,26). The van der Waals surface area contributed by atoms with E-state index >= 15 is 0 Å². The van der Waals surface area contributed by atoms with Gasteiger partial charge in [-0.1, -0.05) is 19.6 Å². The summed E-state index contributed by atoms with van der Waals surface area (Å²) in [6.07, 6.45) is 6.48. The normalized spacial score (nSPS) is 23.6. The van der Waals surface area contributed by atoms with Gasteiger partial charge in [0.1, 0.15) is 11.4 Å². The van der Waals surface area contributed by atoms with Crippen molar-refractivity contribution in [3.63, 3.8) is 0 Å². The zero-order chi connectivity index (χ0) is 19.9. The van der Waals surface area contributed by atoms with E-state index in [1.54, 1.807) is 6.07 Å². The number of phenols is 1. The fourth-order valence-corrected chi connectivity index (χ4v) is 4.43. The number of aliphatic hydroxyl groups is 1. The first-order chi connectivity index (χ1) is 13.4. The Hall–Kier alpha value is -2.40. The van der Waals surface area contributed by atoms with Crippen LogP contribution >= 0.6 is 0 Å². The highest BCUT2D eigenvalue weighted by Gasteiger charge is 2.39. The van der Waals surface area contributed by atoms with E-state index in [0.717, 1.165) is 73.2 Å². The number of anilines is 1. The van der Waals surface area contributed by atoms with Gasteiger partial charge in [0.25, 0.3) is 0 Å². The molecular weight excluding hydrogens is 350 g/mol. The summed E-state index contributed by atoms with van der Waals surface area (Å²) in [6, 6.07) is 5.95. The lowest BCUT2D eigenvalue weighted by molar-refractivity contribution is -0.0235. The van der Waals surface area contributed by atoms with Gasteiger partial charge in [0.2, 0.25) is 0 Å². The van der Waals surface area contributed by atoms with E-state index in [-0.39, 0.29) is 11.8 Å². The topological polar surface area (TPSA) is 78.3 Å². The van der Waals surface area contributed by atoms with Crippen molar-refractivity contribution < 1.29 is 10.2 Å². The molecule has 2 aliphatic rings. The quantitative estimate of drug-likeness (QED) is 0.714. The molecule has 148 valence electrons. The van der Waals surface area contributed by atoms with Crippen molar-refractivity contribution in [3.05, 3.63) is 41.5 Å². The van der Waals surface area contributed by atoms with Crippen LogP contribution in [0.2, 0.25) is 0 Å². The average Bonchev–Trinajstić information content (AvgIpc) is 2.66. The molecule has 5 heteroatoms.